The Labute approximate surface area is 141 Å². The molecule has 2 N–H and O–H groups in total. The average Bonchev–Trinajstić information content (AvgIpc) is 2.52. The van der Waals surface area contributed by atoms with Crippen molar-refractivity contribution in [1.82, 2.24) is 4.90 Å². The normalized spacial score (nSPS) is 10.1. The molecule has 0 bridgehead atoms. The van der Waals surface area contributed by atoms with Crippen LogP contribution in [-0.2, 0) is 14.4 Å². The number of nitrogens with zero attached hydrogens (tertiary/aromatic N) is 1. The molecule has 1 aromatic rings. The summed E-state index contributed by atoms with van der Waals surface area (Å²) in [5.41, 5.74) is 0.650. The van der Waals surface area contributed by atoms with E-state index in [0.717, 1.165) is 0 Å². The second-order valence-corrected chi connectivity index (χ2v) is 5.56. The monoisotopic (exact) mass is 336 g/mol. The van der Waals surface area contributed by atoms with Crippen LogP contribution in [0.25, 0.3) is 0 Å². The largest absolute Gasteiger partial charge is 0.494 e. The Hall–Kier alpha value is -2.57. The van der Waals surface area contributed by atoms with E-state index in [-0.39, 0.29) is 24.7 Å². The van der Waals surface area contributed by atoms with Crippen molar-refractivity contribution in [2.24, 2.45) is 0 Å². The lowest BCUT2D eigenvalue weighted by molar-refractivity contribution is -0.137. The summed E-state index contributed by atoms with van der Waals surface area (Å²) in [7, 11) is 3.38. The molecule has 7 heteroatoms. The van der Waals surface area contributed by atoms with Crippen LogP contribution in [0.1, 0.15) is 32.1 Å². The molecule has 0 saturated carbocycles. The summed E-state index contributed by atoms with van der Waals surface area (Å²) < 4.78 is 5.41. The van der Waals surface area contributed by atoms with Crippen LogP contribution in [0.2, 0.25) is 0 Å². The van der Waals surface area contributed by atoms with Crippen LogP contribution in [0, 0.1) is 0 Å². The lowest BCUT2D eigenvalue weighted by Gasteiger charge is -2.10. The summed E-state index contributed by atoms with van der Waals surface area (Å²) in [6, 6.07) is 6.86. The Morgan fingerprint density at radius 3 is 2.29 bits per heavy atom. The van der Waals surface area contributed by atoms with Gasteiger partial charge in [-0.25, -0.2) is 0 Å². The van der Waals surface area contributed by atoms with Gasteiger partial charge in [0.15, 0.2) is 0 Å². The minimum absolute atomic E-state index is 0.00667. The fourth-order valence-electron chi connectivity index (χ4n) is 1.90. The predicted molar refractivity (Wildman–Crippen MR) is 90.0 cm³/mol. The molecule has 0 heterocycles. The maximum absolute atomic E-state index is 11.8. The zero-order valence-corrected chi connectivity index (χ0v) is 14.1. The van der Waals surface area contributed by atoms with E-state index < -0.39 is 5.97 Å². The van der Waals surface area contributed by atoms with Crippen molar-refractivity contribution in [3.63, 3.8) is 0 Å². The highest BCUT2D eigenvalue weighted by Crippen LogP contribution is 2.16. The van der Waals surface area contributed by atoms with Crippen LogP contribution in [0.4, 0.5) is 5.69 Å². The maximum atomic E-state index is 11.8. The van der Waals surface area contributed by atoms with Crippen LogP contribution in [-0.4, -0.2) is 48.5 Å². The van der Waals surface area contributed by atoms with Gasteiger partial charge in [0.25, 0.3) is 0 Å². The SMILES string of the molecule is CN(C)C(=O)CCCC(=O)Nc1ccc(OCCCC(=O)O)cc1. The molecule has 24 heavy (non-hydrogen) atoms. The number of carboxylic acid groups (broad SMARTS) is 1. The smallest absolute Gasteiger partial charge is 0.303 e. The highest BCUT2D eigenvalue weighted by atomic mass is 16.5. The molecule has 1 aromatic carbocycles. The van der Waals surface area contributed by atoms with E-state index in [0.29, 0.717) is 37.3 Å². The number of carbonyl (C=O) groups excluding carboxylic acids is 2. The minimum atomic E-state index is -0.844. The quantitative estimate of drug-likeness (QED) is 0.638. The molecule has 7 nitrogen and oxygen atoms in total. The maximum Gasteiger partial charge on any atom is 0.303 e. The third-order valence-corrected chi connectivity index (χ3v) is 3.24. The van der Waals surface area contributed by atoms with Gasteiger partial charge in [0.2, 0.25) is 11.8 Å². The van der Waals surface area contributed by atoms with Crippen molar-refractivity contribution in [1.29, 1.82) is 0 Å². The highest BCUT2D eigenvalue weighted by molar-refractivity contribution is 5.91. The summed E-state index contributed by atoms with van der Waals surface area (Å²) in [5, 5.41) is 11.3. The van der Waals surface area contributed by atoms with Gasteiger partial charge in [0.1, 0.15) is 5.75 Å². The number of carbonyl (C=O) groups is 3. The van der Waals surface area contributed by atoms with Crippen molar-refractivity contribution in [3.8, 4) is 5.75 Å². The molecule has 0 radical (unpaired) electrons. The second kappa shape index (κ2) is 10.3. The van der Waals surface area contributed by atoms with E-state index in [4.69, 9.17) is 9.84 Å². The zero-order chi connectivity index (χ0) is 17.9. The molecule has 0 fully saturated rings. The Morgan fingerprint density at radius 1 is 1.04 bits per heavy atom. The molecule has 0 aliphatic heterocycles. The number of ether oxygens (including phenoxy) is 1. The molecule has 132 valence electrons. The van der Waals surface area contributed by atoms with E-state index in [2.05, 4.69) is 5.32 Å². The predicted octanol–water partition coefficient (Wildman–Crippen LogP) is 2.13. The number of benzene rings is 1. The van der Waals surface area contributed by atoms with Crippen LogP contribution in [0.5, 0.6) is 5.75 Å². The third-order valence-electron chi connectivity index (χ3n) is 3.24. The van der Waals surface area contributed by atoms with E-state index in [1.54, 1.807) is 38.4 Å². The molecule has 0 unspecified atom stereocenters. The van der Waals surface area contributed by atoms with Crippen molar-refractivity contribution in [2.75, 3.05) is 26.0 Å². The van der Waals surface area contributed by atoms with Gasteiger partial charge >= 0.3 is 5.97 Å². The summed E-state index contributed by atoms with van der Waals surface area (Å²) in [4.78, 5) is 35.1. The van der Waals surface area contributed by atoms with E-state index in [1.165, 1.54) is 4.90 Å². The van der Waals surface area contributed by atoms with Crippen molar-refractivity contribution in [3.05, 3.63) is 24.3 Å². The van der Waals surface area contributed by atoms with Crippen LogP contribution >= 0.6 is 0 Å². The zero-order valence-electron chi connectivity index (χ0n) is 14.1. The van der Waals surface area contributed by atoms with Crippen molar-refractivity contribution >= 4 is 23.5 Å². The fraction of sp³-hybridized carbons (Fsp3) is 0.471. The molecule has 0 atom stereocenters. The summed E-state index contributed by atoms with van der Waals surface area (Å²) in [6.45, 7) is 0.331. The molecule has 1 rings (SSSR count). The first-order valence-corrected chi connectivity index (χ1v) is 7.83. The standard InChI is InChI=1S/C17H24N2O5/c1-19(2)16(21)6-3-5-15(20)18-13-8-10-14(11-9-13)24-12-4-7-17(22)23/h8-11H,3-7,12H2,1-2H3,(H,18,20)(H,22,23). The molecule has 0 saturated heterocycles. The molecule has 0 aromatic heterocycles. The van der Waals surface area contributed by atoms with Gasteiger partial charge in [-0.15, -0.1) is 0 Å². The van der Waals surface area contributed by atoms with Crippen LogP contribution in [0.3, 0.4) is 0 Å². The van der Waals surface area contributed by atoms with Gasteiger partial charge in [-0.3, -0.25) is 14.4 Å². The Balaban J connectivity index is 2.29. The first kappa shape index (κ1) is 19.5. The second-order valence-electron chi connectivity index (χ2n) is 5.56. The Bertz CT molecular complexity index is 555. The topological polar surface area (TPSA) is 95.9 Å². The van der Waals surface area contributed by atoms with E-state index in [9.17, 15) is 14.4 Å². The van der Waals surface area contributed by atoms with E-state index in [1.807, 2.05) is 0 Å². The lowest BCUT2D eigenvalue weighted by Crippen LogP contribution is -2.21. The van der Waals surface area contributed by atoms with Gasteiger partial charge in [0.05, 0.1) is 6.61 Å². The number of hydrogen-bond acceptors (Lipinski definition) is 4. The van der Waals surface area contributed by atoms with Crippen molar-refractivity contribution < 1.29 is 24.2 Å². The first-order valence-electron chi connectivity index (χ1n) is 7.83. The van der Waals surface area contributed by atoms with Gasteiger partial charge in [-0.1, -0.05) is 0 Å². The first-order chi connectivity index (χ1) is 11.4. The van der Waals surface area contributed by atoms with Crippen LogP contribution < -0.4 is 10.1 Å². The van der Waals surface area contributed by atoms with Gasteiger partial charge in [0, 0.05) is 39.0 Å². The summed E-state index contributed by atoms with van der Waals surface area (Å²) >= 11 is 0. The molecular formula is C17H24N2O5. The van der Waals surface area contributed by atoms with Gasteiger partial charge in [-0.2, -0.15) is 0 Å². The Morgan fingerprint density at radius 2 is 1.71 bits per heavy atom. The van der Waals surface area contributed by atoms with Crippen molar-refractivity contribution in [2.45, 2.75) is 32.1 Å². The minimum Gasteiger partial charge on any atom is -0.494 e. The van der Waals surface area contributed by atoms with Crippen LogP contribution in [0.15, 0.2) is 24.3 Å². The molecule has 0 spiro atoms. The van der Waals surface area contributed by atoms with Gasteiger partial charge in [-0.05, 0) is 37.1 Å². The highest BCUT2D eigenvalue weighted by Gasteiger charge is 2.07. The number of carboxylic acids is 1. The summed E-state index contributed by atoms with van der Waals surface area (Å²) in [6.07, 6.45) is 1.66. The third kappa shape index (κ3) is 8.17. The van der Waals surface area contributed by atoms with Gasteiger partial charge < -0.3 is 20.1 Å². The number of rotatable bonds is 10. The molecule has 0 aliphatic rings. The number of amides is 2. The average molecular weight is 336 g/mol. The number of anilines is 1. The number of hydrogen-bond donors (Lipinski definition) is 2. The summed E-state index contributed by atoms with van der Waals surface area (Å²) in [5.74, 6) is -0.359. The number of nitrogens with one attached hydrogen (secondary N) is 1. The lowest BCUT2D eigenvalue weighted by atomic mass is 10.2. The molecule has 0 aliphatic carbocycles. The van der Waals surface area contributed by atoms with E-state index >= 15 is 0 Å². The molecular weight excluding hydrogens is 312 g/mol. The molecule has 2 amide bonds. The number of aliphatic carboxylic acids is 1. The Kier molecular flexibility index (Phi) is 8.32. The fourth-order valence-corrected chi connectivity index (χ4v) is 1.90.